The van der Waals surface area contributed by atoms with E-state index in [9.17, 15) is 14.0 Å². The molecule has 0 fully saturated rings. The second-order valence-electron chi connectivity index (χ2n) is 7.47. The van der Waals surface area contributed by atoms with Gasteiger partial charge in [0.2, 0.25) is 0 Å². The van der Waals surface area contributed by atoms with Gasteiger partial charge in [-0.15, -0.1) is 0 Å². The number of halogens is 1. The normalized spacial score (nSPS) is 10.9. The van der Waals surface area contributed by atoms with Crippen LogP contribution >= 0.6 is 0 Å². The Morgan fingerprint density at radius 1 is 0.970 bits per heavy atom. The molecule has 1 amide bonds. The third kappa shape index (κ3) is 4.27. The van der Waals surface area contributed by atoms with Crippen molar-refractivity contribution in [3.05, 3.63) is 119 Å². The third-order valence-electron chi connectivity index (χ3n) is 5.21. The Balaban J connectivity index is 1.42. The summed E-state index contributed by atoms with van der Waals surface area (Å²) in [5.74, 6) is -0.0997. The Morgan fingerprint density at radius 3 is 2.67 bits per heavy atom. The Morgan fingerprint density at radius 2 is 1.82 bits per heavy atom. The largest absolute Gasteiger partial charge is 0.322 e. The first-order valence-corrected chi connectivity index (χ1v) is 10.2. The molecule has 0 aliphatic rings. The number of benzene rings is 2. The van der Waals surface area contributed by atoms with Crippen molar-refractivity contribution in [1.82, 2.24) is 19.3 Å². The van der Waals surface area contributed by atoms with Gasteiger partial charge >= 0.3 is 0 Å². The van der Waals surface area contributed by atoms with E-state index in [-0.39, 0.29) is 23.8 Å². The van der Waals surface area contributed by atoms with Crippen molar-refractivity contribution in [1.29, 1.82) is 0 Å². The molecule has 0 saturated heterocycles. The standard InChI is InChI=1S/C25H18FN5O2/c26-20-5-4-18-10-13-30(22(18)15-20)23-6-7-24(32)31(29-23)16-17-2-1-3-21(14-17)28-25(33)19-8-11-27-12-9-19/h1-15H,16H2,(H,28,33). The Labute approximate surface area is 187 Å². The van der Waals surface area contributed by atoms with Gasteiger partial charge in [-0.3, -0.25) is 19.1 Å². The molecule has 1 N–H and O–H groups in total. The number of nitrogens with zero attached hydrogens (tertiary/aromatic N) is 4. The maximum atomic E-state index is 13.8. The van der Waals surface area contributed by atoms with Gasteiger partial charge in [0.1, 0.15) is 5.82 Å². The molecular weight excluding hydrogens is 421 g/mol. The van der Waals surface area contributed by atoms with Crippen LogP contribution in [0.3, 0.4) is 0 Å². The summed E-state index contributed by atoms with van der Waals surface area (Å²) in [5.41, 5.74) is 2.28. The summed E-state index contributed by atoms with van der Waals surface area (Å²) in [6.07, 6.45) is 4.90. The second-order valence-corrected chi connectivity index (χ2v) is 7.47. The van der Waals surface area contributed by atoms with Gasteiger partial charge in [0, 0.05) is 41.3 Å². The van der Waals surface area contributed by atoms with E-state index >= 15 is 0 Å². The minimum atomic E-state index is -0.346. The molecule has 5 aromatic rings. The summed E-state index contributed by atoms with van der Waals surface area (Å²) in [4.78, 5) is 28.8. The number of pyridine rings is 1. The molecule has 0 unspecified atom stereocenters. The highest BCUT2D eigenvalue weighted by atomic mass is 19.1. The molecule has 33 heavy (non-hydrogen) atoms. The van der Waals surface area contributed by atoms with Crippen LogP contribution in [0.1, 0.15) is 15.9 Å². The van der Waals surface area contributed by atoms with Gasteiger partial charge in [0.25, 0.3) is 11.5 Å². The number of nitrogens with one attached hydrogen (secondary N) is 1. The number of fused-ring (bicyclic) bond motifs is 1. The van der Waals surface area contributed by atoms with Gasteiger partial charge < -0.3 is 5.32 Å². The van der Waals surface area contributed by atoms with E-state index in [1.165, 1.54) is 22.9 Å². The first-order valence-electron chi connectivity index (χ1n) is 10.2. The maximum absolute atomic E-state index is 13.8. The number of carbonyl (C=O) groups is 1. The molecule has 162 valence electrons. The monoisotopic (exact) mass is 439 g/mol. The number of carbonyl (C=O) groups excluding carboxylic acids is 1. The predicted molar refractivity (Wildman–Crippen MR) is 123 cm³/mol. The van der Waals surface area contributed by atoms with Crippen molar-refractivity contribution in [2.75, 3.05) is 5.32 Å². The molecule has 3 heterocycles. The second kappa shape index (κ2) is 8.51. The van der Waals surface area contributed by atoms with E-state index < -0.39 is 0 Å². The number of aromatic nitrogens is 4. The van der Waals surface area contributed by atoms with Gasteiger partial charge in [-0.05, 0) is 60.2 Å². The van der Waals surface area contributed by atoms with Crippen molar-refractivity contribution in [3.63, 3.8) is 0 Å². The molecule has 0 atom stereocenters. The first kappa shape index (κ1) is 20.3. The highest BCUT2D eigenvalue weighted by Crippen LogP contribution is 2.20. The number of hydrogen-bond acceptors (Lipinski definition) is 4. The zero-order valence-corrected chi connectivity index (χ0v) is 17.4. The van der Waals surface area contributed by atoms with E-state index in [1.54, 1.807) is 65.6 Å². The summed E-state index contributed by atoms with van der Waals surface area (Å²) in [7, 11) is 0. The topological polar surface area (TPSA) is 81.8 Å². The molecule has 0 aliphatic carbocycles. The van der Waals surface area contributed by atoms with Crippen molar-refractivity contribution in [2.45, 2.75) is 6.54 Å². The molecule has 2 aromatic carbocycles. The van der Waals surface area contributed by atoms with Gasteiger partial charge in [0.15, 0.2) is 5.82 Å². The fourth-order valence-corrected chi connectivity index (χ4v) is 3.61. The predicted octanol–water partition coefficient (Wildman–Crippen LogP) is 4.02. The number of rotatable bonds is 5. The molecule has 5 rings (SSSR count). The van der Waals surface area contributed by atoms with Gasteiger partial charge in [-0.2, -0.15) is 5.10 Å². The number of hydrogen-bond donors (Lipinski definition) is 1. The van der Waals surface area contributed by atoms with Crippen LogP contribution in [0, 0.1) is 5.82 Å². The smallest absolute Gasteiger partial charge is 0.267 e. The lowest BCUT2D eigenvalue weighted by molar-refractivity contribution is 0.102. The van der Waals surface area contributed by atoms with Crippen LogP contribution in [-0.2, 0) is 6.54 Å². The SMILES string of the molecule is O=C(Nc1cccc(Cn2nc(-n3ccc4ccc(F)cc43)ccc2=O)c1)c1ccncc1. The quantitative estimate of drug-likeness (QED) is 0.448. The Kier molecular flexibility index (Phi) is 5.24. The average molecular weight is 439 g/mol. The van der Waals surface area contributed by atoms with Gasteiger partial charge in [-0.1, -0.05) is 12.1 Å². The van der Waals surface area contributed by atoms with E-state index in [0.717, 1.165) is 10.9 Å². The summed E-state index contributed by atoms with van der Waals surface area (Å²) in [6, 6.07) is 19.9. The lowest BCUT2D eigenvalue weighted by Gasteiger charge is -2.11. The number of amides is 1. The minimum Gasteiger partial charge on any atom is -0.322 e. The zero-order chi connectivity index (χ0) is 22.8. The molecule has 0 spiro atoms. The van der Waals surface area contributed by atoms with Crippen molar-refractivity contribution < 1.29 is 9.18 Å². The summed E-state index contributed by atoms with van der Waals surface area (Å²) < 4.78 is 16.8. The van der Waals surface area contributed by atoms with Crippen molar-refractivity contribution in [3.8, 4) is 5.82 Å². The van der Waals surface area contributed by atoms with Crippen LogP contribution in [0.15, 0.2) is 96.2 Å². The molecule has 0 radical (unpaired) electrons. The lowest BCUT2D eigenvalue weighted by Crippen LogP contribution is -2.24. The Hall–Kier alpha value is -4.59. The van der Waals surface area contributed by atoms with Crippen LogP contribution in [0.5, 0.6) is 0 Å². The summed E-state index contributed by atoms with van der Waals surface area (Å²) >= 11 is 0. The fourth-order valence-electron chi connectivity index (χ4n) is 3.61. The Bertz CT molecular complexity index is 1530. The summed E-state index contributed by atoms with van der Waals surface area (Å²) in [6.45, 7) is 0.208. The van der Waals surface area contributed by atoms with Crippen molar-refractivity contribution in [2.24, 2.45) is 0 Å². The van der Waals surface area contributed by atoms with E-state index in [0.29, 0.717) is 22.6 Å². The van der Waals surface area contributed by atoms with E-state index in [1.807, 2.05) is 12.1 Å². The minimum absolute atomic E-state index is 0.208. The van der Waals surface area contributed by atoms with Gasteiger partial charge in [-0.25, -0.2) is 9.07 Å². The fraction of sp³-hybridized carbons (Fsp3) is 0.0400. The van der Waals surface area contributed by atoms with Crippen LogP contribution in [-0.4, -0.2) is 25.2 Å². The molecule has 0 saturated carbocycles. The van der Waals surface area contributed by atoms with Crippen molar-refractivity contribution >= 4 is 22.5 Å². The molecule has 8 heteroatoms. The number of anilines is 1. The summed E-state index contributed by atoms with van der Waals surface area (Å²) in [5, 5.41) is 8.19. The molecular formula is C25H18FN5O2. The van der Waals surface area contributed by atoms with Crippen LogP contribution in [0.4, 0.5) is 10.1 Å². The molecule has 7 nitrogen and oxygen atoms in total. The van der Waals surface area contributed by atoms with Crippen LogP contribution in [0.25, 0.3) is 16.7 Å². The molecule has 0 aliphatic heterocycles. The average Bonchev–Trinajstić information content (AvgIpc) is 3.24. The van der Waals surface area contributed by atoms with Crippen LogP contribution in [0.2, 0.25) is 0 Å². The lowest BCUT2D eigenvalue weighted by atomic mass is 10.2. The van der Waals surface area contributed by atoms with E-state index in [4.69, 9.17) is 0 Å². The van der Waals surface area contributed by atoms with Crippen LogP contribution < -0.4 is 10.9 Å². The van der Waals surface area contributed by atoms with Gasteiger partial charge in [0.05, 0.1) is 12.1 Å². The molecule has 0 bridgehead atoms. The zero-order valence-electron chi connectivity index (χ0n) is 17.4. The third-order valence-corrected chi connectivity index (χ3v) is 5.21. The highest BCUT2D eigenvalue weighted by molar-refractivity contribution is 6.04. The highest BCUT2D eigenvalue weighted by Gasteiger charge is 2.10. The van der Waals surface area contributed by atoms with E-state index in [2.05, 4.69) is 15.4 Å². The molecule has 3 aromatic heterocycles. The maximum Gasteiger partial charge on any atom is 0.267 e. The first-order chi connectivity index (χ1) is 16.1.